The quantitative estimate of drug-likeness (QED) is 0.664. The molecule has 0 aromatic carbocycles. The Morgan fingerprint density at radius 3 is 1.20 bits per heavy atom. The minimum Gasteiger partial charge on any atom is -0.313 e. The van der Waals surface area contributed by atoms with E-state index in [2.05, 4.69) is 9.73 Å². The summed E-state index contributed by atoms with van der Waals surface area (Å²) in [6.07, 6.45) is -27.0. The van der Waals surface area contributed by atoms with Gasteiger partial charge in [-0.3, -0.25) is 9.73 Å². The summed E-state index contributed by atoms with van der Waals surface area (Å²) in [6.45, 7) is 0.199. The molecule has 0 spiro atoms. The van der Waals surface area contributed by atoms with E-state index in [0.29, 0.717) is 10.6 Å². The molecule has 1 rings (SSSR count). The van der Waals surface area contributed by atoms with Crippen molar-refractivity contribution in [2.75, 3.05) is 6.54 Å². The van der Waals surface area contributed by atoms with Crippen LogP contribution >= 0.6 is 0 Å². The third kappa shape index (κ3) is 3.27. The molecule has 4 nitrogen and oxygen atoms in total. The first-order chi connectivity index (χ1) is 10.8. The molecule has 0 unspecified atom stereocenters. The summed E-state index contributed by atoms with van der Waals surface area (Å²) in [6, 6.07) is 0. The van der Waals surface area contributed by atoms with Crippen LogP contribution in [0.3, 0.4) is 0 Å². The van der Waals surface area contributed by atoms with Crippen molar-refractivity contribution in [3.63, 3.8) is 0 Å². The lowest BCUT2D eigenvalue weighted by Gasteiger charge is -2.50. The van der Waals surface area contributed by atoms with Gasteiger partial charge in [0.15, 0.2) is 5.96 Å². The summed E-state index contributed by atoms with van der Waals surface area (Å²) in [5.74, 6) is -2.04. The van der Waals surface area contributed by atoms with E-state index in [4.69, 9.17) is 0 Å². The number of aliphatic imine (C=N–C) groups is 1. The lowest BCUT2D eigenvalue weighted by atomic mass is 10.1. The number of hydrogen-bond donors (Lipinski definition) is 2. The maximum atomic E-state index is 12.9. The van der Waals surface area contributed by atoms with E-state index >= 15 is 0 Å². The van der Waals surface area contributed by atoms with E-state index in [-0.39, 0.29) is 0 Å². The highest BCUT2D eigenvalue weighted by atomic mass is 19.4. The van der Waals surface area contributed by atoms with E-state index < -0.39 is 48.7 Å². The topological polar surface area (TPSA) is 45.7 Å². The van der Waals surface area contributed by atoms with Crippen molar-refractivity contribution >= 4 is 5.96 Å². The van der Waals surface area contributed by atoms with Gasteiger partial charge in [0.1, 0.15) is 0 Å². The first-order valence-corrected chi connectivity index (χ1v) is 5.92. The normalized spacial score (nSPS) is 21.4. The van der Waals surface area contributed by atoms with E-state index in [1.54, 1.807) is 0 Å². The average Bonchev–Trinajstić information content (AvgIpc) is 2.33. The molecule has 0 aliphatic carbocycles. The van der Waals surface area contributed by atoms with Gasteiger partial charge in [-0.15, -0.1) is 0 Å². The van der Waals surface area contributed by atoms with Crippen molar-refractivity contribution < 1.29 is 57.4 Å². The molecule has 0 atom stereocenters. The molecule has 0 aromatic rings. The largest absolute Gasteiger partial charge is 0.446 e. The maximum absolute atomic E-state index is 12.9. The van der Waals surface area contributed by atoms with Crippen molar-refractivity contribution in [2.24, 2.45) is 4.99 Å². The third-order valence-electron chi connectivity index (χ3n) is 2.81. The zero-order chi connectivity index (χ0) is 20.1. The average molecular weight is 401 g/mol. The molecule has 0 radical (unpaired) electrons. The van der Waals surface area contributed by atoms with E-state index in [1.165, 1.54) is 0 Å². The molecule has 0 amide bonds. The van der Waals surface area contributed by atoms with Crippen LogP contribution in [-0.2, 0) is 4.74 Å². The fraction of sp³-hybridized carbons (Fsp3) is 0.889. The fourth-order valence-corrected chi connectivity index (χ4v) is 1.72. The number of ether oxygens (including phenoxy) is 1. The van der Waals surface area contributed by atoms with Crippen molar-refractivity contribution in [1.29, 1.82) is 0 Å². The first-order valence-electron chi connectivity index (χ1n) is 5.92. The molecule has 148 valence electrons. The second kappa shape index (κ2) is 5.70. The zero-order valence-corrected chi connectivity index (χ0v) is 11.6. The lowest BCUT2D eigenvalue weighted by molar-refractivity contribution is -0.482. The number of alkyl halides is 12. The molecule has 1 aliphatic rings. The van der Waals surface area contributed by atoms with Crippen LogP contribution in [0.4, 0.5) is 52.7 Å². The fourth-order valence-electron chi connectivity index (χ4n) is 1.72. The molecule has 1 fully saturated rings. The molecular weight excluding hydrogens is 394 g/mol. The van der Waals surface area contributed by atoms with Crippen LogP contribution in [0.5, 0.6) is 0 Å². The highest BCUT2D eigenvalue weighted by Gasteiger charge is 2.85. The molecule has 1 aliphatic heterocycles. The maximum Gasteiger partial charge on any atom is 0.446 e. The molecule has 2 N–H and O–H groups in total. The van der Waals surface area contributed by atoms with Gasteiger partial charge in [-0.2, -0.15) is 52.7 Å². The van der Waals surface area contributed by atoms with Gasteiger partial charge in [0.25, 0.3) is 0 Å². The van der Waals surface area contributed by atoms with Gasteiger partial charge in [0.2, 0.25) is 0 Å². The van der Waals surface area contributed by atoms with Gasteiger partial charge in [-0.05, 0) is 6.92 Å². The van der Waals surface area contributed by atoms with Gasteiger partial charge in [-0.1, -0.05) is 0 Å². The number of hydrogen-bond acceptors (Lipinski definition) is 2. The van der Waals surface area contributed by atoms with Gasteiger partial charge < -0.3 is 10.6 Å². The lowest BCUT2D eigenvalue weighted by Crippen LogP contribution is -2.85. The summed E-state index contributed by atoms with van der Waals surface area (Å²) in [4.78, 5) is 2.74. The Kier molecular flexibility index (Phi) is 4.89. The Hall–Kier alpha value is -1.61. The third-order valence-corrected chi connectivity index (χ3v) is 2.81. The van der Waals surface area contributed by atoms with Crippen molar-refractivity contribution in [3.8, 4) is 0 Å². The van der Waals surface area contributed by atoms with Crippen LogP contribution in [0, 0.1) is 0 Å². The molecule has 16 heteroatoms. The Balaban J connectivity index is 3.82. The molecule has 1 saturated heterocycles. The number of guanidine groups is 1. The minimum atomic E-state index is -6.76. The molecule has 0 aromatic heterocycles. The van der Waals surface area contributed by atoms with Crippen LogP contribution in [-0.4, -0.2) is 48.7 Å². The number of halogens is 12. The highest BCUT2D eigenvalue weighted by Crippen LogP contribution is 2.54. The monoisotopic (exact) mass is 401 g/mol. The highest BCUT2D eigenvalue weighted by molar-refractivity contribution is 5.82. The van der Waals surface area contributed by atoms with Crippen LogP contribution in [0.2, 0.25) is 0 Å². The zero-order valence-electron chi connectivity index (χ0n) is 11.6. The number of nitrogens with one attached hydrogen (secondary N) is 2. The van der Waals surface area contributed by atoms with Crippen LogP contribution < -0.4 is 10.6 Å². The second-order valence-corrected chi connectivity index (χ2v) is 4.53. The van der Waals surface area contributed by atoms with Crippen molar-refractivity contribution in [1.82, 2.24) is 10.6 Å². The van der Waals surface area contributed by atoms with Crippen molar-refractivity contribution in [2.45, 2.75) is 43.1 Å². The smallest absolute Gasteiger partial charge is 0.313 e. The van der Waals surface area contributed by atoms with E-state index in [0.717, 1.165) is 6.92 Å². The molecule has 1 heterocycles. The van der Waals surface area contributed by atoms with E-state index in [9.17, 15) is 52.7 Å². The Labute approximate surface area is 130 Å². The molecule has 0 saturated carbocycles. The molecule has 25 heavy (non-hydrogen) atoms. The summed E-state index contributed by atoms with van der Waals surface area (Å²) < 4.78 is 158. The molecular formula is C9H7F12N3O. The number of nitrogens with zero attached hydrogens (tertiary/aromatic N) is 1. The van der Waals surface area contributed by atoms with Gasteiger partial charge >= 0.3 is 36.2 Å². The Morgan fingerprint density at radius 1 is 0.720 bits per heavy atom. The summed E-state index contributed by atoms with van der Waals surface area (Å²) in [5.41, 5.74) is -12.0. The van der Waals surface area contributed by atoms with Crippen LogP contribution in [0.15, 0.2) is 4.99 Å². The van der Waals surface area contributed by atoms with E-state index in [1.807, 2.05) is 0 Å². The van der Waals surface area contributed by atoms with Gasteiger partial charge in [0, 0.05) is 6.54 Å². The summed E-state index contributed by atoms with van der Waals surface area (Å²) in [7, 11) is 0. The minimum absolute atomic E-state index is 0.413. The first kappa shape index (κ1) is 21.4. The Bertz CT molecular complexity index is 458. The second-order valence-electron chi connectivity index (χ2n) is 4.53. The standard InChI is InChI=1S/C9H7F12N3O/c1-2-22-3-23-4(6(10,11)12,7(13,14)15)25-5(24-3,8(16,17)18)9(19,20)21/h2H2,1H3,(H2,22,23,24). The predicted octanol–water partition coefficient (Wildman–Crippen LogP) is 3.21. The Morgan fingerprint density at radius 2 is 1.00 bits per heavy atom. The predicted molar refractivity (Wildman–Crippen MR) is 55.0 cm³/mol. The van der Waals surface area contributed by atoms with Gasteiger partial charge in [0.05, 0.1) is 0 Å². The SMILES string of the molecule is CCN=C1NC(C(F)(F)F)(C(F)(F)F)OC(C(F)(F)F)(C(F)(F)F)N1. The van der Waals surface area contributed by atoms with Gasteiger partial charge in [-0.25, -0.2) is 0 Å². The number of rotatable bonds is 1. The van der Waals surface area contributed by atoms with Crippen LogP contribution in [0.25, 0.3) is 0 Å². The summed E-state index contributed by atoms with van der Waals surface area (Å²) >= 11 is 0. The summed E-state index contributed by atoms with van der Waals surface area (Å²) in [5, 5.41) is 0.827. The van der Waals surface area contributed by atoms with Crippen LogP contribution in [0.1, 0.15) is 6.92 Å². The molecule has 0 bridgehead atoms. The van der Waals surface area contributed by atoms with Crippen molar-refractivity contribution in [3.05, 3.63) is 0 Å².